The zero-order valence-corrected chi connectivity index (χ0v) is 6.77. The minimum absolute atomic E-state index is 0.0117. The summed E-state index contributed by atoms with van der Waals surface area (Å²) in [6.07, 6.45) is 1.02. The molecule has 0 aliphatic rings. The maximum absolute atomic E-state index is 10.3. The molecule has 0 radical (unpaired) electrons. The number of carboxylic acid groups (broad SMARTS) is 1. The molecule has 1 aromatic rings. The number of carbonyl (C=O) groups is 1. The van der Waals surface area contributed by atoms with Crippen LogP contribution in [0.25, 0.3) is 0 Å². The number of nitrogens with zero attached hydrogens (tertiary/aromatic N) is 1. The van der Waals surface area contributed by atoms with Crippen molar-refractivity contribution >= 4 is 5.97 Å². The normalized spacial score (nSPS) is 10.2. The summed E-state index contributed by atoms with van der Waals surface area (Å²) in [6, 6.07) is 0. The van der Waals surface area contributed by atoms with Gasteiger partial charge in [0.2, 0.25) is 5.76 Å². The second kappa shape index (κ2) is 3.25. The summed E-state index contributed by atoms with van der Waals surface area (Å²) >= 11 is 0. The fraction of sp³-hybridized carbons (Fsp3) is 0.429. The van der Waals surface area contributed by atoms with Gasteiger partial charge in [-0.1, -0.05) is 0 Å². The van der Waals surface area contributed by atoms with E-state index < -0.39 is 5.97 Å². The van der Waals surface area contributed by atoms with Crippen LogP contribution in [0.1, 0.15) is 24.4 Å². The Balaban J connectivity index is 2.71. The number of aromatic nitrogens is 1. The third-order valence-corrected chi connectivity index (χ3v) is 1.03. The predicted molar refractivity (Wildman–Crippen MR) is 39.2 cm³/mol. The molecule has 1 N–H and O–H groups in total. The molecule has 0 aliphatic carbocycles. The number of hydrogen-bond donors (Lipinski definition) is 1. The molecule has 0 fully saturated rings. The van der Waals surface area contributed by atoms with Crippen LogP contribution in [-0.2, 0) is 0 Å². The van der Waals surface area contributed by atoms with Gasteiger partial charge < -0.3 is 14.3 Å². The highest BCUT2D eigenvalue weighted by molar-refractivity contribution is 5.83. The number of rotatable bonds is 3. The Morgan fingerprint density at radius 1 is 1.75 bits per heavy atom. The molecule has 5 nitrogen and oxygen atoms in total. The molecule has 0 aliphatic heterocycles. The molecule has 0 saturated heterocycles. The average Bonchev–Trinajstić information content (AvgIpc) is 2.34. The Morgan fingerprint density at radius 3 is 2.83 bits per heavy atom. The zero-order chi connectivity index (χ0) is 9.14. The van der Waals surface area contributed by atoms with Crippen molar-refractivity contribution in [3.63, 3.8) is 0 Å². The van der Waals surface area contributed by atoms with Gasteiger partial charge in [0, 0.05) is 0 Å². The van der Waals surface area contributed by atoms with Crippen molar-refractivity contribution in [1.29, 1.82) is 0 Å². The summed E-state index contributed by atoms with van der Waals surface area (Å²) in [5, 5.41) is 8.44. The summed E-state index contributed by atoms with van der Waals surface area (Å²) in [5.74, 6) is -1.37. The first-order chi connectivity index (χ1) is 5.59. The Labute approximate surface area is 69.0 Å². The van der Waals surface area contributed by atoms with Crippen molar-refractivity contribution in [3.8, 4) is 6.08 Å². The zero-order valence-electron chi connectivity index (χ0n) is 6.77. The highest BCUT2D eigenvalue weighted by Crippen LogP contribution is 2.12. The topological polar surface area (TPSA) is 72.6 Å². The van der Waals surface area contributed by atoms with E-state index >= 15 is 0 Å². The van der Waals surface area contributed by atoms with Gasteiger partial charge >= 0.3 is 12.0 Å². The summed E-state index contributed by atoms with van der Waals surface area (Å²) in [5.41, 5.74) is 0. The SMILES string of the molecule is CC(C)Oc1ncc(C(=O)O)o1. The first-order valence-electron chi connectivity index (χ1n) is 3.45. The predicted octanol–water partition coefficient (Wildman–Crippen LogP) is 1.16. The van der Waals surface area contributed by atoms with Crippen LogP contribution in [0.15, 0.2) is 10.6 Å². The number of carboxylic acids is 1. The number of hydrogen-bond acceptors (Lipinski definition) is 4. The summed E-state index contributed by atoms with van der Waals surface area (Å²) in [4.78, 5) is 13.9. The quantitative estimate of drug-likeness (QED) is 0.738. The lowest BCUT2D eigenvalue weighted by Gasteiger charge is -2.02. The van der Waals surface area contributed by atoms with Gasteiger partial charge in [-0.2, -0.15) is 4.98 Å². The van der Waals surface area contributed by atoms with Gasteiger partial charge in [0.15, 0.2) is 0 Å². The molecule has 0 bridgehead atoms. The average molecular weight is 171 g/mol. The van der Waals surface area contributed by atoms with E-state index in [1.54, 1.807) is 13.8 Å². The van der Waals surface area contributed by atoms with Gasteiger partial charge in [0.25, 0.3) is 0 Å². The lowest BCUT2D eigenvalue weighted by atomic mass is 10.5. The van der Waals surface area contributed by atoms with Crippen LogP contribution in [0.4, 0.5) is 0 Å². The molecule has 1 aromatic heterocycles. The van der Waals surface area contributed by atoms with Crippen LogP contribution < -0.4 is 4.74 Å². The maximum Gasteiger partial charge on any atom is 0.394 e. The standard InChI is InChI=1S/C7H9NO4/c1-4(2)11-7-8-3-5(12-7)6(9)10/h3-4H,1-2H3,(H,9,10). The summed E-state index contributed by atoms with van der Waals surface area (Å²) in [7, 11) is 0. The van der Waals surface area contributed by atoms with Crippen molar-refractivity contribution in [2.75, 3.05) is 0 Å². The van der Waals surface area contributed by atoms with E-state index in [1.807, 2.05) is 0 Å². The minimum Gasteiger partial charge on any atom is -0.475 e. The molecule has 0 unspecified atom stereocenters. The maximum atomic E-state index is 10.3. The highest BCUT2D eigenvalue weighted by atomic mass is 16.6. The van der Waals surface area contributed by atoms with E-state index in [2.05, 4.69) is 4.98 Å². The Hall–Kier alpha value is -1.52. The second-order valence-corrected chi connectivity index (χ2v) is 2.46. The van der Waals surface area contributed by atoms with Crippen LogP contribution in [0.3, 0.4) is 0 Å². The van der Waals surface area contributed by atoms with Crippen LogP contribution >= 0.6 is 0 Å². The minimum atomic E-state index is -1.15. The summed E-state index contributed by atoms with van der Waals surface area (Å²) in [6.45, 7) is 3.59. The summed E-state index contributed by atoms with van der Waals surface area (Å²) < 4.78 is 9.73. The van der Waals surface area contributed by atoms with E-state index in [9.17, 15) is 4.79 Å². The van der Waals surface area contributed by atoms with Gasteiger partial charge in [-0.3, -0.25) is 0 Å². The molecule has 0 atom stereocenters. The van der Waals surface area contributed by atoms with Gasteiger partial charge in [0.1, 0.15) is 0 Å². The van der Waals surface area contributed by atoms with E-state index in [-0.39, 0.29) is 17.9 Å². The molecule has 0 saturated carbocycles. The molecular formula is C7H9NO4. The Kier molecular flexibility index (Phi) is 2.32. The molecule has 0 amide bonds. The lowest BCUT2D eigenvalue weighted by Crippen LogP contribution is -2.05. The fourth-order valence-electron chi connectivity index (χ4n) is 0.613. The van der Waals surface area contributed by atoms with Gasteiger partial charge in [-0.05, 0) is 13.8 Å². The Morgan fingerprint density at radius 2 is 2.42 bits per heavy atom. The highest BCUT2D eigenvalue weighted by Gasteiger charge is 2.11. The van der Waals surface area contributed by atoms with E-state index in [4.69, 9.17) is 14.3 Å². The molecule has 66 valence electrons. The van der Waals surface area contributed by atoms with Crippen LogP contribution in [0.5, 0.6) is 6.08 Å². The smallest absolute Gasteiger partial charge is 0.394 e. The van der Waals surface area contributed by atoms with Crippen LogP contribution in [0, 0.1) is 0 Å². The third-order valence-electron chi connectivity index (χ3n) is 1.03. The molecule has 0 aromatic carbocycles. The fourth-order valence-corrected chi connectivity index (χ4v) is 0.613. The first-order valence-corrected chi connectivity index (χ1v) is 3.45. The third kappa shape index (κ3) is 1.98. The number of oxazole rings is 1. The lowest BCUT2D eigenvalue weighted by molar-refractivity contribution is 0.0648. The van der Waals surface area contributed by atoms with Crippen molar-refractivity contribution in [3.05, 3.63) is 12.0 Å². The van der Waals surface area contributed by atoms with E-state index in [0.29, 0.717) is 0 Å². The van der Waals surface area contributed by atoms with Gasteiger partial charge in [0.05, 0.1) is 12.3 Å². The van der Waals surface area contributed by atoms with Crippen molar-refractivity contribution in [2.45, 2.75) is 20.0 Å². The molecule has 1 heterocycles. The van der Waals surface area contributed by atoms with Crippen molar-refractivity contribution < 1.29 is 19.1 Å². The van der Waals surface area contributed by atoms with Gasteiger partial charge in [-0.25, -0.2) is 4.79 Å². The van der Waals surface area contributed by atoms with Crippen LogP contribution in [0.2, 0.25) is 0 Å². The monoisotopic (exact) mass is 171 g/mol. The molecular weight excluding hydrogens is 162 g/mol. The molecule has 0 spiro atoms. The van der Waals surface area contributed by atoms with E-state index in [1.165, 1.54) is 0 Å². The number of aromatic carboxylic acids is 1. The van der Waals surface area contributed by atoms with Crippen molar-refractivity contribution in [2.24, 2.45) is 0 Å². The first kappa shape index (κ1) is 8.58. The van der Waals surface area contributed by atoms with Crippen LogP contribution in [-0.4, -0.2) is 22.2 Å². The van der Waals surface area contributed by atoms with Gasteiger partial charge in [-0.15, -0.1) is 0 Å². The Bertz CT molecular complexity index is 279. The molecule has 12 heavy (non-hydrogen) atoms. The second-order valence-electron chi connectivity index (χ2n) is 2.46. The van der Waals surface area contributed by atoms with Crippen molar-refractivity contribution in [1.82, 2.24) is 4.98 Å². The molecule has 5 heteroatoms. The molecule has 1 rings (SSSR count). The van der Waals surface area contributed by atoms with E-state index in [0.717, 1.165) is 6.20 Å². The largest absolute Gasteiger partial charge is 0.475 e. The number of ether oxygens (including phenoxy) is 1.